The van der Waals surface area contributed by atoms with Gasteiger partial charge in [0, 0.05) is 12.4 Å². The van der Waals surface area contributed by atoms with Gasteiger partial charge in [-0.15, -0.1) is 0 Å². The second-order valence-electron chi connectivity index (χ2n) is 2.81. The Labute approximate surface area is 87.7 Å². The highest BCUT2D eigenvalue weighted by atomic mass is 35.5. The number of allylic oxidation sites excluding steroid dienone is 1. The molecule has 0 amide bonds. The van der Waals surface area contributed by atoms with Gasteiger partial charge in [0.2, 0.25) is 0 Å². The molecule has 0 bridgehead atoms. The summed E-state index contributed by atoms with van der Waals surface area (Å²) < 4.78 is 0. The Kier molecular flexibility index (Phi) is 4.13. The molecular weight excluding hydrogens is 200 g/mol. The Bertz CT molecular complexity index is 350. The van der Waals surface area contributed by atoms with Gasteiger partial charge < -0.3 is 5.21 Å². The predicted octanol–water partition coefficient (Wildman–Crippen LogP) is 2.68. The Morgan fingerprint density at radius 2 is 2.43 bits per heavy atom. The number of aryl methyl sites for hydroxylation is 1. The Morgan fingerprint density at radius 3 is 3.00 bits per heavy atom. The Balaban J connectivity index is 2.57. The number of oxime groups is 1. The maximum Gasteiger partial charge on any atom is 0.0793 e. The van der Waals surface area contributed by atoms with Gasteiger partial charge in [-0.25, -0.2) is 0 Å². The van der Waals surface area contributed by atoms with E-state index in [1.54, 1.807) is 12.4 Å². The summed E-state index contributed by atoms with van der Waals surface area (Å²) >= 11 is 5.77. The van der Waals surface area contributed by atoms with Crippen LogP contribution in [0, 0.1) is 0 Å². The third-order valence-corrected chi connectivity index (χ3v) is 2.00. The monoisotopic (exact) mass is 210 g/mol. The van der Waals surface area contributed by atoms with Gasteiger partial charge in [0.25, 0.3) is 0 Å². The first-order chi connectivity index (χ1) is 6.76. The lowest BCUT2D eigenvalue weighted by Gasteiger charge is -2.00. The highest BCUT2D eigenvalue weighted by Crippen LogP contribution is 2.10. The van der Waals surface area contributed by atoms with E-state index in [1.165, 1.54) is 6.08 Å². The molecule has 0 radical (unpaired) electrons. The number of pyridine rings is 1. The second-order valence-corrected chi connectivity index (χ2v) is 3.24. The molecule has 0 saturated carbocycles. The normalized spacial score (nSPS) is 11.4. The predicted molar refractivity (Wildman–Crippen MR) is 57.0 cm³/mol. The molecule has 0 atom stereocenters. The van der Waals surface area contributed by atoms with Crippen molar-refractivity contribution in [3.63, 3.8) is 0 Å². The van der Waals surface area contributed by atoms with Gasteiger partial charge in [-0.2, -0.15) is 0 Å². The minimum atomic E-state index is 0.560. The zero-order chi connectivity index (χ0) is 10.4. The van der Waals surface area contributed by atoms with Crippen LogP contribution >= 0.6 is 11.6 Å². The molecule has 1 rings (SSSR count). The highest BCUT2D eigenvalue weighted by molar-refractivity contribution is 6.30. The van der Waals surface area contributed by atoms with Crippen LogP contribution in [0.25, 0.3) is 0 Å². The van der Waals surface area contributed by atoms with Crippen molar-refractivity contribution in [2.24, 2.45) is 5.16 Å². The fraction of sp³-hybridized carbons (Fsp3) is 0.200. The molecule has 1 N–H and O–H groups in total. The highest BCUT2D eigenvalue weighted by Gasteiger charge is 1.98. The molecule has 0 fully saturated rings. The summed E-state index contributed by atoms with van der Waals surface area (Å²) in [5.41, 5.74) is 1.57. The van der Waals surface area contributed by atoms with E-state index in [-0.39, 0.29) is 0 Å². The second kappa shape index (κ2) is 5.40. The first-order valence-corrected chi connectivity index (χ1v) is 4.57. The fourth-order valence-corrected chi connectivity index (χ4v) is 1.25. The quantitative estimate of drug-likeness (QED) is 0.472. The van der Waals surface area contributed by atoms with Crippen LogP contribution in [0.15, 0.2) is 36.3 Å². The zero-order valence-corrected chi connectivity index (χ0v) is 8.41. The van der Waals surface area contributed by atoms with E-state index >= 15 is 0 Å². The number of hydrogen-bond acceptors (Lipinski definition) is 3. The summed E-state index contributed by atoms with van der Waals surface area (Å²) in [6.07, 6.45) is 6.21. The standard InChI is InChI=1S/C10H11ClN2O/c1-2-10(13-14)4-3-8-5-9(11)7-12-6-8/h2,5-7,14H,1,3-4H2. The maximum atomic E-state index is 8.53. The number of halogens is 1. The summed E-state index contributed by atoms with van der Waals surface area (Å²) in [6.45, 7) is 3.53. The van der Waals surface area contributed by atoms with Crippen molar-refractivity contribution in [2.45, 2.75) is 12.8 Å². The molecule has 0 aliphatic rings. The third-order valence-electron chi connectivity index (χ3n) is 1.80. The van der Waals surface area contributed by atoms with Crippen LogP contribution in [0.2, 0.25) is 5.02 Å². The van der Waals surface area contributed by atoms with E-state index in [0.29, 0.717) is 17.2 Å². The summed E-state index contributed by atoms with van der Waals surface area (Å²) in [6, 6.07) is 1.84. The lowest BCUT2D eigenvalue weighted by molar-refractivity contribution is 0.318. The van der Waals surface area contributed by atoms with Crippen LogP contribution in [-0.2, 0) is 6.42 Å². The average Bonchev–Trinajstić information content (AvgIpc) is 2.19. The number of nitrogens with zero attached hydrogens (tertiary/aromatic N) is 2. The Hall–Kier alpha value is -1.35. The molecule has 14 heavy (non-hydrogen) atoms. The van der Waals surface area contributed by atoms with Crippen molar-refractivity contribution in [1.29, 1.82) is 0 Å². The molecule has 1 heterocycles. The first-order valence-electron chi connectivity index (χ1n) is 4.19. The van der Waals surface area contributed by atoms with Crippen molar-refractivity contribution in [2.75, 3.05) is 0 Å². The van der Waals surface area contributed by atoms with E-state index < -0.39 is 0 Å². The molecule has 74 valence electrons. The van der Waals surface area contributed by atoms with Gasteiger partial charge >= 0.3 is 0 Å². The summed E-state index contributed by atoms with van der Waals surface area (Å²) in [4.78, 5) is 3.95. The molecule has 0 aliphatic carbocycles. The molecule has 0 unspecified atom stereocenters. The summed E-state index contributed by atoms with van der Waals surface area (Å²) in [5, 5.41) is 12.2. The molecule has 4 heteroatoms. The molecule has 1 aromatic rings. The molecule has 0 aromatic carbocycles. The van der Waals surface area contributed by atoms with Crippen molar-refractivity contribution < 1.29 is 5.21 Å². The summed E-state index contributed by atoms with van der Waals surface area (Å²) in [7, 11) is 0. The third kappa shape index (κ3) is 3.18. The van der Waals surface area contributed by atoms with Gasteiger partial charge in [-0.3, -0.25) is 4.98 Å². The number of aromatic nitrogens is 1. The summed E-state index contributed by atoms with van der Waals surface area (Å²) in [5.74, 6) is 0. The average molecular weight is 211 g/mol. The minimum Gasteiger partial charge on any atom is -0.411 e. The topological polar surface area (TPSA) is 45.5 Å². The molecule has 0 aliphatic heterocycles. The minimum absolute atomic E-state index is 0.560. The van der Waals surface area contributed by atoms with E-state index in [9.17, 15) is 0 Å². The van der Waals surface area contributed by atoms with Crippen molar-refractivity contribution in [3.05, 3.63) is 41.7 Å². The largest absolute Gasteiger partial charge is 0.411 e. The zero-order valence-electron chi connectivity index (χ0n) is 7.65. The van der Waals surface area contributed by atoms with Gasteiger partial charge in [0.1, 0.15) is 0 Å². The van der Waals surface area contributed by atoms with Crippen LogP contribution in [0.3, 0.4) is 0 Å². The van der Waals surface area contributed by atoms with Gasteiger partial charge in [0.15, 0.2) is 0 Å². The van der Waals surface area contributed by atoms with Crippen LogP contribution < -0.4 is 0 Å². The molecule has 1 aromatic heterocycles. The lowest BCUT2D eigenvalue weighted by Crippen LogP contribution is -1.96. The maximum absolute atomic E-state index is 8.53. The fourth-order valence-electron chi connectivity index (χ4n) is 1.06. The van der Waals surface area contributed by atoms with Gasteiger partial charge in [-0.05, 0) is 30.5 Å². The lowest BCUT2D eigenvalue weighted by atomic mass is 10.1. The Morgan fingerprint density at radius 1 is 1.64 bits per heavy atom. The van der Waals surface area contributed by atoms with Crippen molar-refractivity contribution >= 4 is 17.3 Å². The van der Waals surface area contributed by atoms with Gasteiger partial charge in [0.05, 0.1) is 10.7 Å². The molecular formula is C10H11ClN2O. The SMILES string of the molecule is C=CC(CCc1cncc(Cl)c1)=NO. The van der Waals surface area contributed by atoms with Gasteiger partial charge in [-0.1, -0.05) is 23.3 Å². The van der Waals surface area contributed by atoms with Crippen molar-refractivity contribution in [1.82, 2.24) is 4.98 Å². The molecule has 0 spiro atoms. The van der Waals surface area contributed by atoms with E-state index in [0.717, 1.165) is 12.0 Å². The van der Waals surface area contributed by atoms with Crippen molar-refractivity contribution in [3.8, 4) is 0 Å². The van der Waals surface area contributed by atoms with E-state index in [2.05, 4.69) is 16.7 Å². The van der Waals surface area contributed by atoms with E-state index in [1.807, 2.05) is 6.07 Å². The first kappa shape index (κ1) is 10.7. The number of hydrogen-bond donors (Lipinski definition) is 1. The molecule has 3 nitrogen and oxygen atoms in total. The van der Waals surface area contributed by atoms with Crippen LogP contribution in [-0.4, -0.2) is 15.9 Å². The van der Waals surface area contributed by atoms with Crippen LogP contribution in [0.1, 0.15) is 12.0 Å². The van der Waals surface area contributed by atoms with E-state index in [4.69, 9.17) is 16.8 Å². The number of rotatable bonds is 4. The molecule has 0 saturated heterocycles. The van der Waals surface area contributed by atoms with Crippen LogP contribution in [0.5, 0.6) is 0 Å². The smallest absolute Gasteiger partial charge is 0.0793 e. The van der Waals surface area contributed by atoms with Crippen LogP contribution in [0.4, 0.5) is 0 Å².